The fourth-order valence-electron chi connectivity index (χ4n) is 1.99. The number of anilines is 1. The predicted octanol–water partition coefficient (Wildman–Crippen LogP) is 1.25. The van der Waals surface area contributed by atoms with Gasteiger partial charge in [0, 0.05) is 31.3 Å². The second kappa shape index (κ2) is 6.04. The van der Waals surface area contributed by atoms with Gasteiger partial charge in [-0.25, -0.2) is 9.78 Å². The number of ether oxygens (including phenoxy) is 1. The van der Waals surface area contributed by atoms with E-state index in [2.05, 4.69) is 9.72 Å². The van der Waals surface area contributed by atoms with E-state index in [1.807, 2.05) is 0 Å². The minimum atomic E-state index is -0.471. The summed E-state index contributed by atoms with van der Waals surface area (Å²) in [5.74, 6) is -0.0572. The van der Waals surface area contributed by atoms with Crippen molar-refractivity contribution in [3.63, 3.8) is 0 Å². The molecule has 1 saturated heterocycles. The van der Waals surface area contributed by atoms with Crippen LogP contribution >= 0.6 is 11.8 Å². The monoisotopic (exact) mass is 294 g/mol. The van der Waals surface area contributed by atoms with Crippen LogP contribution in [-0.4, -0.2) is 40.9 Å². The maximum atomic E-state index is 11.9. The molecule has 1 atom stereocenters. The quantitative estimate of drug-likeness (QED) is 0.781. The zero-order valence-electron chi connectivity index (χ0n) is 11.2. The van der Waals surface area contributed by atoms with Gasteiger partial charge in [0.05, 0.1) is 12.7 Å². The topological polar surface area (TPSA) is 76.6 Å². The van der Waals surface area contributed by atoms with E-state index in [-0.39, 0.29) is 16.3 Å². The normalized spacial score (nSPS) is 18.2. The summed E-state index contributed by atoms with van der Waals surface area (Å²) in [6.45, 7) is 1.94. The first-order valence-corrected chi connectivity index (χ1v) is 6.91. The summed E-state index contributed by atoms with van der Waals surface area (Å²) in [6, 6.07) is 3.16. The van der Waals surface area contributed by atoms with Gasteiger partial charge in [-0.2, -0.15) is 0 Å². The van der Waals surface area contributed by atoms with Crippen LogP contribution in [0.25, 0.3) is 0 Å². The number of hydrogen-bond acceptors (Lipinski definition) is 6. The minimum absolute atomic E-state index is 0.00125. The van der Waals surface area contributed by atoms with Gasteiger partial charge >= 0.3 is 5.97 Å². The molecule has 1 aliphatic heterocycles. The highest BCUT2D eigenvalue weighted by Gasteiger charge is 2.32. The molecule has 7 heteroatoms. The Bertz CT molecular complexity index is 544. The molecule has 0 N–H and O–H groups in total. The number of amides is 1. The highest BCUT2D eigenvalue weighted by Crippen LogP contribution is 2.27. The zero-order valence-corrected chi connectivity index (χ0v) is 12.0. The average Bonchev–Trinajstić information content (AvgIpc) is 2.78. The van der Waals surface area contributed by atoms with Gasteiger partial charge in [-0.05, 0) is 12.1 Å². The van der Waals surface area contributed by atoms with Gasteiger partial charge in [0.15, 0.2) is 5.12 Å². The summed E-state index contributed by atoms with van der Waals surface area (Å²) in [4.78, 5) is 39.9. The van der Waals surface area contributed by atoms with Gasteiger partial charge in [-0.15, -0.1) is 0 Å². The Labute approximate surface area is 120 Å². The molecule has 6 nitrogen and oxygen atoms in total. The van der Waals surface area contributed by atoms with Crippen molar-refractivity contribution in [2.24, 2.45) is 0 Å². The van der Waals surface area contributed by atoms with E-state index >= 15 is 0 Å². The van der Waals surface area contributed by atoms with Gasteiger partial charge < -0.3 is 4.74 Å². The Morgan fingerprint density at radius 2 is 2.20 bits per heavy atom. The summed E-state index contributed by atoms with van der Waals surface area (Å²) in [6.07, 6.45) is 1.70. The van der Waals surface area contributed by atoms with Crippen LogP contribution in [0.4, 0.5) is 5.82 Å². The molecule has 0 bridgehead atoms. The second-order valence-electron chi connectivity index (χ2n) is 4.34. The molecular weight excluding hydrogens is 280 g/mol. The van der Waals surface area contributed by atoms with Gasteiger partial charge in [-0.3, -0.25) is 14.5 Å². The van der Waals surface area contributed by atoms with Crippen LogP contribution < -0.4 is 4.90 Å². The molecule has 1 aromatic heterocycles. The van der Waals surface area contributed by atoms with E-state index in [0.29, 0.717) is 24.3 Å². The number of rotatable bonds is 3. The van der Waals surface area contributed by atoms with Gasteiger partial charge in [0.2, 0.25) is 5.91 Å². The van der Waals surface area contributed by atoms with E-state index < -0.39 is 5.97 Å². The molecule has 1 aliphatic rings. The smallest absolute Gasteiger partial charge is 0.339 e. The van der Waals surface area contributed by atoms with Gasteiger partial charge in [0.25, 0.3) is 0 Å². The van der Waals surface area contributed by atoms with Crippen LogP contribution in [0.15, 0.2) is 18.3 Å². The van der Waals surface area contributed by atoms with Crippen molar-refractivity contribution in [2.75, 3.05) is 18.6 Å². The Balaban J connectivity index is 2.10. The number of carbonyl (C=O) groups excluding carboxylic acids is 3. The van der Waals surface area contributed by atoms with E-state index in [4.69, 9.17) is 0 Å². The Morgan fingerprint density at radius 3 is 2.75 bits per heavy atom. The highest BCUT2D eigenvalue weighted by molar-refractivity contribution is 8.14. The lowest BCUT2D eigenvalue weighted by Gasteiger charge is -2.15. The summed E-state index contributed by atoms with van der Waals surface area (Å²) in [5, 5.41) is -0.0410. The molecule has 2 rings (SSSR count). The van der Waals surface area contributed by atoms with E-state index in [1.54, 1.807) is 12.1 Å². The minimum Gasteiger partial charge on any atom is -0.465 e. The van der Waals surface area contributed by atoms with Crippen LogP contribution in [0.2, 0.25) is 0 Å². The first kappa shape index (κ1) is 14.5. The molecule has 1 fully saturated rings. The molecule has 2 heterocycles. The maximum absolute atomic E-state index is 11.9. The van der Waals surface area contributed by atoms with Crippen molar-refractivity contribution >= 4 is 34.6 Å². The lowest BCUT2D eigenvalue weighted by atomic mass is 10.3. The third-order valence-electron chi connectivity index (χ3n) is 2.87. The van der Waals surface area contributed by atoms with Crippen LogP contribution in [0.1, 0.15) is 23.7 Å². The third-order valence-corrected chi connectivity index (χ3v) is 3.85. The SMILES string of the molecule is COC(=O)c1ccc(N2CC(SC(C)=O)CC2=O)nc1. The molecule has 0 aliphatic carbocycles. The molecule has 1 amide bonds. The molecule has 1 unspecified atom stereocenters. The fourth-order valence-corrected chi connectivity index (χ4v) is 2.91. The predicted molar refractivity (Wildman–Crippen MR) is 74.6 cm³/mol. The molecule has 0 spiro atoms. The number of thioether (sulfide) groups is 1. The summed E-state index contributed by atoms with van der Waals surface area (Å²) < 4.78 is 4.58. The molecule has 0 saturated carbocycles. The van der Waals surface area contributed by atoms with Crippen molar-refractivity contribution in [1.82, 2.24) is 4.98 Å². The summed E-state index contributed by atoms with van der Waals surface area (Å²) in [5.41, 5.74) is 0.331. The largest absolute Gasteiger partial charge is 0.465 e. The van der Waals surface area contributed by atoms with Crippen molar-refractivity contribution in [1.29, 1.82) is 0 Å². The van der Waals surface area contributed by atoms with Crippen molar-refractivity contribution in [3.05, 3.63) is 23.9 Å². The molecule has 20 heavy (non-hydrogen) atoms. The number of methoxy groups -OCH3 is 1. The zero-order chi connectivity index (χ0) is 14.7. The van der Waals surface area contributed by atoms with Crippen LogP contribution in [-0.2, 0) is 14.3 Å². The highest BCUT2D eigenvalue weighted by atomic mass is 32.2. The van der Waals surface area contributed by atoms with Crippen molar-refractivity contribution in [2.45, 2.75) is 18.6 Å². The summed E-state index contributed by atoms with van der Waals surface area (Å²) >= 11 is 1.17. The molecule has 0 aromatic carbocycles. The lowest BCUT2D eigenvalue weighted by molar-refractivity contribution is -0.117. The van der Waals surface area contributed by atoms with Crippen molar-refractivity contribution in [3.8, 4) is 0 Å². The molecule has 106 valence electrons. The van der Waals surface area contributed by atoms with E-state index in [1.165, 1.54) is 36.9 Å². The molecule has 1 aromatic rings. The molecular formula is C13H14N2O4S. The van der Waals surface area contributed by atoms with E-state index in [9.17, 15) is 14.4 Å². The van der Waals surface area contributed by atoms with Gasteiger partial charge in [-0.1, -0.05) is 11.8 Å². The lowest BCUT2D eigenvalue weighted by Crippen LogP contribution is -2.26. The average molecular weight is 294 g/mol. The fraction of sp³-hybridized carbons (Fsp3) is 0.385. The van der Waals surface area contributed by atoms with Crippen LogP contribution in [0.3, 0.4) is 0 Å². The third kappa shape index (κ3) is 3.16. The van der Waals surface area contributed by atoms with Gasteiger partial charge in [0.1, 0.15) is 5.82 Å². The number of aromatic nitrogens is 1. The van der Waals surface area contributed by atoms with Crippen LogP contribution in [0, 0.1) is 0 Å². The van der Waals surface area contributed by atoms with Crippen molar-refractivity contribution < 1.29 is 19.1 Å². The first-order chi connectivity index (χ1) is 9.51. The maximum Gasteiger partial charge on any atom is 0.339 e. The standard InChI is InChI=1S/C13H14N2O4S/c1-8(16)20-10-5-12(17)15(7-10)11-4-3-9(6-14-11)13(18)19-2/h3-4,6,10H,5,7H2,1-2H3. The number of pyridine rings is 1. The summed E-state index contributed by atoms with van der Waals surface area (Å²) in [7, 11) is 1.30. The van der Waals surface area contributed by atoms with E-state index in [0.717, 1.165) is 0 Å². The first-order valence-electron chi connectivity index (χ1n) is 6.03. The van der Waals surface area contributed by atoms with Crippen LogP contribution in [0.5, 0.6) is 0 Å². The number of hydrogen-bond donors (Lipinski definition) is 0. The molecule has 0 radical (unpaired) electrons. The Kier molecular flexibility index (Phi) is 4.39. The second-order valence-corrected chi connectivity index (χ2v) is 5.81. The number of carbonyl (C=O) groups is 3. The number of esters is 1. The Hall–Kier alpha value is -1.89. The Morgan fingerprint density at radius 1 is 1.45 bits per heavy atom. The number of nitrogens with zero attached hydrogens (tertiary/aromatic N) is 2.